The third-order valence-electron chi connectivity index (χ3n) is 10.0. The van der Waals surface area contributed by atoms with Gasteiger partial charge in [0, 0.05) is 35.4 Å². The van der Waals surface area contributed by atoms with Crippen molar-refractivity contribution in [1.82, 2.24) is 25.2 Å². The molecule has 3 heterocycles. The molecule has 2 fully saturated rings. The van der Waals surface area contributed by atoms with E-state index in [0.717, 1.165) is 16.9 Å². The summed E-state index contributed by atoms with van der Waals surface area (Å²) in [4.78, 5) is 62.3. The van der Waals surface area contributed by atoms with Crippen molar-refractivity contribution in [3.63, 3.8) is 0 Å². The average molecular weight is 832 g/mol. The molecule has 0 spiro atoms. The van der Waals surface area contributed by atoms with Crippen LogP contribution >= 0.6 is 11.3 Å². The molecule has 308 valence electrons. The first kappa shape index (κ1) is 42.1. The van der Waals surface area contributed by atoms with E-state index in [1.165, 1.54) is 17.0 Å². The number of alkyl carbamates (subject to hydrolysis) is 1. The van der Waals surface area contributed by atoms with Gasteiger partial charge >= 0.3 is 6.09 Å². The van der Waals surface area contributed by atoms with Gasteiger partial charge in [0.2, 0.25) is 11.8 Å². The molecule has 0 bridgehead atoms. The van der Waals surface area contributed by atoms with E-state index < -0.39 is 74.5 Å². The van der Waals surface area contributed by atoms with E-state index in [9.17, 15) is 27.6 Å². The number of pyridine rings is 1. The Morgan fingerprint density at radius 2 is 1.74 bits per heavy atom. The average Bonchev–Trinajstić information content (AvgIpc) is 3.44. The number of hydrogen-bond donors (Lipinski definition) is 3. The van der Waals surface area contributed by atoms with Gasteiger partial charge < -0.3 is 29.7 Å². The van der Waals surface area contributed by atoms with Crippen LogP contribution in [-0.4, -0.2) is 85.1 Å². The summed E-state index contributed by atoms with van der Waals surface area (Å²) in [7, 11) is -2.67. The Labute approximate surface area is 342 Å². The lowest BCUT2D eigenvalue weighted by atomic mass is 9.85. The second-order valence-corrected chi connectivity index (χ2v) is 19.4. The largest absolute Gasteiger partial charge is 0.497 e. The number of ether oxygens (including phenoxy) is 3. The number of rotatable bonds is 12. The number of likely N-dealkylation sites (tertiary alicyclic amines) is 1. The molecule has 58 heavy (non-hydrogen) atoms. The van der Waals surface area contributed by atoms with Gasteiger partial charge in [-0.2, -0.15) is 0 Å². The van der Waals surface area contributed by atoms with Gasteiger partial charge in [-0.3, -0.25) is 14.4 Å². The fourth-order valence-electron chi connectivity index (χ4n) is 6.97. The maximum Gasteiger partial charge on any atom is 0.408 e. The lowest BCUT2D eigenvalue weighted by molar-refractivity contribution is -0.143. The quantitative estimate of drug-likeness (QED) is 0.147. The number of aromatic nitrogens is 1. The van der Waals surface area contributed by atoms with Crippen molar-refractivity contribution >= 4 is 56.1 Å². The van der Waals surface area contributed by atoms with Crippen LogP contribution in [-0.2, 0) is 29.1 Å². The SMILES string of the molecule is C=CC1C[C@]1(NC(=O)[C@@H]1C[C@@H](Oc2cc(-c3ccccc3)nc3cc(OC)ccc23)CN1C(=O)[C@@H](NC(=O)OC(C)(C)C)C(C)(C)C)C(=O)NS(=O)(=O)c1cccs1. The summed E-state index contributed by atoms with van der Waals surface area (Å²) in [5, 5.41) is 7.76. The van der Waals surface area contributed by atoms with Gasteiger partial charge in [-0.15, -0.1) is 17.9 Å². The van der Waals surface area contributed by atoms with Crippen molar-refractivity contribution in [1.29, 1.82) is 0 Å². The zero-order valence-electron chi connectivity index (χ0n) is 33.5. The number of nitrogens with one attached hydrogen (secondary N) is 3. The van der Waals surface area contributed by atoms with E-state index in [-0.39, 0.29) is 23.6 Å². The summed E-state index contributed by atoms with van der Waals surface area (Å²) in [5.74, 6) is -1.74. The second-order valence-electron chi connectivity index (χ2n) is 16.6. The zero-order valence-corrected chi connectivity index (χ0v) is 35.2. The van der Waals surface area contributed by atoms with Crippen molar-refractivity contribution in [2.24, 2.45) is 11.3 Å². The van der Waals surface area contributed by atoms with Crippen molar-refractivity contribution in [2.75, 3.05) is 13.7 Å². The molecule has 1 aliphatic carbocycles. The molecule has 16 heteroatoms. The van der Waals surface area contributed by atoms with Crippen LogP contribution in [0.3, 0.4) is 0 Å². The normalized spacial score (nSPS) is 21.1. The Bertz CT molecular complexity index is 2320. The lowest BCUT2D eigenvalue weighted by Crippen LogP contribution is -2.60. The second kappa shape index (κ2) is 16.0. The predicted octanol–water partition coefficient (Wildman–Crippen LogP) is 5.83. The first-order valence-corrected chi connectivity index (χ1v) is 21.2. The van der Waals surface area contributed by atoms with Gasteiger partial charge in [-0.05, 0) is 56.2 Å². The summed E-state index contributed by atoms with van der Waals surface area (Å²) in [5.41, 5.74) is -1.27. The van der Waals surface area contributed by atoms with Crippen LogP contribution < -0.4 is 24.8 Å². The van der Waals surface area contributed by atoms with Gasteiger partial charge in [0.15, 0.2) is 0 Å². The van der Waals surface area contributed by atoms with Crippen LogP contribution in [0.15, 0.2) is 89.0 Å². The van der Waals surface area contributed by atoms with Crippen LogP contribution in [0.4, 0.5) is 4.79 Å². The number of methoxy groups -OCH3 is 1. The molecular formula is C42H49N5O9S2. The maximum atomic E-state index is 14.7. The minimum absolute atomic E-state index is 0.00847. The van der Waals surface area contributed by atoms with Crippen molar-refractivity contribution < 1.29 is 41.8 Å². The van der Waals surface area contributed by atoms with Crippen LogP contribution in [0.2, 0.25) is 0 Å². The molecule has 2 aromatic carbocycles. The summed E-state index contributed by atoms with van der Waals surface area (Å²) < 4.78 is 45.9. The lowest BCUT2D eigenvalue weighted by Gasteiger charge is -2.36. The molecule has 4 amide bonds. The number of thiophene rings is 1. The summed E-state index contributed by atoms with van der Waals surface area (Å²) >= 11 is 0.944. The van der Waals surface area contributed by atoms with E-state index in [2.05, 4.69) is 21.9 Å². The minimum atomic E-state index is -4.23. The third-order valence-corrected chi connectivity index (χ3v) is 12.7. The Balaban J connectivity index is 1.35. The number of nitrogens with zero attached hydrogens (tertiary/aromatic N) is 2. The van der Waals surface area contributed by atoms with Crippen LogP contribution in [0.1, 0.15) is 54.4 Å². The smallest absolute Gasteiger partial charge is 0.408 e. The van der Waals surface area contributed by atoms with Gasteiger partial charge in [0.25, 0.3) is 15.9 Å². The Morgan fingerprint density at radius 3 is 2.34 bits per heavy atom. The van der Waals surface area contributed by atoms with Crippen molar-refractivity contribution in [2.45, 2.75) is 87.9 Å². The van der Waals surface area contributed by atoms with E-state index in [1.807, 2.05) is 36.4 Å². The number of carbonyl (C=O) groups is 4. The standard InChI is InChI=1S/C42H49N5O9S2/c1-9-26-23-42(26,38(50)46-58(52,53)34-16-13-19-57-34)45-36(48)32-21-28(24-47(32)37(49)35(40(2,3)4)44-39(51)56-41(5,6)7)55-33-22-30(25-14-11-10-12-15-25)43-31-20-27(54-8)17-18-29(31)33/h9-20,22,26,28,32,35H,1,21,23-24H2,2-8H3,(H,44,51)(H,45,48)(H,46,50)/t26?,28-,32+,35-,42-/m1/s1. The highest BCUT2D eigenvalue weighted by atomic mass is 32.2. The van der Waals surface area contributed by atoms with Gasteiger partial charge in [0.1, 0.15) is 45.0 Å². The molecular weight excluding hydrogens is 783 g/mol. The molecule has 1 saturated heterocycles. The van der Waals surface area contributed by atoms with Crippen LogP contribution in [0, 0.1) is 11.3 Å². The van der Waals surface area contributed by atoms with E-state index in [4.69, 9.17) is 19.2 Å². The number of amides is 4. The first-order chi connectivity index (χ1) is 27.2. The number of fused-ring (bicyclic) bond motifs is 1. The maximum absolute atomic E-state index is 14.7. The molecule has 2 aromatic heterocycles. The van der Waals surface area contributed by atoms with E-state index >= 15 is 0 Å². The van der Waals surface area contributed by atoms with Crippen LogP contribution in [0.5, 0.6) is 11.5 Å². The molecule has 0 radical (unpaired) electrons. The molecule has 4 aromatic rings. The summed E-state index contributed by atoms with van der Waals surface area (Å²) in [6.45, 7) is 14.2. The van der Waals surface area contributed by atoms with Gasteiger partial charge in [0.05, 0.1) is 24.9 Å². The molecule has 1 saturated carbocycles. The molecule has 1 unspecified atom stereocenters. The van der Waals surface area contributed by atoms with E-state index in [1.54, 1.807) is 78.3 Å². The fraction of sp³-hybridized carbons (Fsp3) is 0.405. The van der Waals surface area contributed by atoms with Gasteiger partial charge in [-0.1, -0.05) is 63.2 Å². The summed E-state index contributed by atoms with van der Waals surface area (Å²) in [6, 6.07) is 17.3. The molecule has 2 aliphatic rings. The fourth-order valence-corrected chi connectivity index (χ4v) is 9.00. The Morgan fingerprint density at radius 1 is 1.02 bits per heavy atom. The van der Waals surface area contributed by atoms with Crippen LogP contribution in [0.25, 0.3) is 22.2 Å². The third kappa shape index (κ3) is 9.12. The summed E-state index contributed by atoms with van der Waals surface area (Å²) in [6.07, 6.45) is 0.00136. The molecule has 5 atom stereocenters. The highest BCUT2D eigenvalue weighted by Crippen LogP contribution is 2.45. The number of benzene rings is 2. The van der Waals surface area contributed by atoms with Gasteiger partial charge in [-0.25, -0.2) is 22.9 Å². The minimum Gasteiger partial charge on any atom is -0.497 e. The predicted molar refractivity (Wildman–Crippen MR) is 220 cm³/mol. The Kier molecular flexibility index (Phi) is 11.7. The number of hydrogen-bond acceptors (Lipinski definition) is 11. The highest BCUT2D eigenvalue weighted by molar-refractivity contribution is 7.92. The molecule has 6 rings (SSSR count). The van der Waals surface area contributed by atoms with E-state index in [0.29, 0.717) is 28.1 Å². The first-order valence-electron chi connectivity index (χ1n) is 18.8. The Hall–Kier alpha value is -5.48. The molecule has 1 aliphatic heterocycles. The van der Waals surface area contributed by atoms with Crippen molar-refractivity contribution in [3.05, 3.63) is 84.8 Å². The molecule has 14 nitrogen and oxygen atoms in total. The number of carbonyl (C=O) groups excluding carboxylic acids is 4. The topological polar surface area (TPSA) is 182 Å². The monoisotopic (exact) mass is 831 g/mol. The molecule has 3 N–H and O–H groups in total. The van der Waals surface area contributed by atoms with Crippen molar-refractivity contribution in [3.8, 4) is 22.8 Å². The number of sulfonamides is 1. The highest BCUT2D eigenvalue weighted by Gasteiger charge is 2.61. The zero-order chi connectivity index (χ0) is 42.2.